The summed E-state index contributed by atoms with van der Waals surface area (Å²) in [6.45, 7) is 18.9. The van der Waals surface area contributed by atoms with Gasteiger partial charge in [-0.3, -0.25) is 39.1 Å². The summed E-state index contributed by atoms with van der Waals surface area (Å²) in [5.41, 5.74) is -3.23. The summed E-state index contributed by atoms with van der Waals surface area (Å²) in [4.78, 5) is 64.8. The van der Waals surface area contributed by atoms with Gasteiger partial charge < -0.3 is 18.9 Å². The van der Waals surface area contributed by atoms with E-state index in [4.69, 9.17) is 18.9 Å². The number of nitrogens with zero attached hydrogens (tertiary/aromatic N) is 3. The molecule has 0 saturated carbocycles. The van der Waals surface area contributed by atoms with E-state index in [1.54, 1.807) is 83.1 Å². The maximum absolute atomic E-state index is 13.2. The Balaban J connectivity index is 6.22. The van der Waals surface area contributed by atoms with Crippen molar-refractivity contribution in [1.29, 1.82) is 0 Å². The molecule has 0 aromatic carbocycles. The average molecular weight is 590 g/mol. The second-order valence-electron chi connectivity index (χ2n) is 13.8. The number of carbonyl (C=O) groups excluding carboxylic acids is 4. The Labute approximate surface area is 244 Å². The highest BCUT2D eigenvalue weighted by molar-refractivity contribution is 5.78. The van der Waals surface area contributed by atoms with Gasteiger partial charge in [0.2, 0.25) is 6.54 Å². The zero-order valence-electron chi connectivity index (χ0n) is 27.0. The minimum atomic E-state index is -1.17. The molecule has 13 nitrogen and oxygen atoms in total. The maximum Gasteiger partial charge on any atom is 0.324 e. The van der Waals surface area contributed by atoms with E-state index in [-0.39, 0.29) is 39.1 Å². The third kappa shape index (κ3) is 20.7. The quantitative estimate of drug-likeness (QED) is 0.127. The van der Waals surface area contributed by atoms with Gasteiger partial charge in [0.15, 0.2) is 0 Å². The Hall–Kier alpha value is -2.80. The Morgan fingerprint density at radius 2 is 1.00 bits per heavy atom. The number of ether oxygens (including phenoxy) is 4. The molecule has 0 saturated heterocycles. The van der Waals surface area contributed by atoms with Gasteiger partial charge in [-0.05, 0) is 83.1 Å². The van der Waals surface area contributed by atoms with Crippen molar-refractivity contribution in [1.82, 2.24) is 9.80 Å². The molecule has 1 atom stereocenters. The number of rotatable bonds is 14. The molecular weight excluding hydrogens is 538 g/mol. The molecule has 0 bridgehead atoms. The predicted molar refractivity (Wildman–Crippen MR) is 152 cm³/mol. The Bertz CT molecular complexity index is 878. The van der Waals surface area contributed by atoms with Crippen LogP contribution in [0.2, 0.25) is 0 Å². The summed E-state index contributed by atoms with van der Waals surface area (Å²) in [5.74, 6) is -2.57. The largest absolute Gasteiger partial charge is 0.459 e. The second kappa shape index (κ2) is 15.4. The van der Waals surface area contributed by atoms with Gasteiger partial charge in [-0.25, -0.2) is 0 Å². The Morgan fingerprint density at radius 3 is 1.34 bits per heavy atom. The predicted octanol–water partition coefficient (Wildman–Crippen LogP) is 2.99. The molecule has 0 spiro atoms. The van der Waals surface area contributed by atoms with Crippen LogP contribution in [0.4, 0.5) is 0 Å². The van der Waals surface area contributed by atoms with Gasteiger partial charge in [0.1, 0.15) is 28.4 Å². The average Bonchev–Trinajstić information content (AvgIpc) is 2.65. The minimum Gasteiger partial charge on any atom is -0.459 e. The summed E-state index contributed by atoms with van der Waals surface area (Å²) < 4.78 is 21.8. The topological polar surface area (TPSA) is 155 Å². The molecule has 0 radical (unpaired) electrons. The number of esters is 4. The first kappa shape index (κ1) is 38.2. The van der Waals surface area contributed by atoms with Crippen molar-refractivity contribution in [2.45, 2.75) is 118 Å². The lowest BCUT2D eigenvalue weighted by Crippen LogP contribution is -2.51. The first-order chi connectivity index (χ1) is 18.3. The number of carbonyl (C=O) groups is 4. The fourth-order valence-electron chi connectivity index (χ4n) is 3.53. The standard InChI is InChI=1S/C28H51N3O10/c1-25(2,3)38-21(32)17-29(18-22(33)39-26(4,5)6)15-16-30(19-23(34)40-27(7,8)9)20(13-14-31(36)37)24(35)41-28(10,11)12/h20H,13-19H2,1-12H3/t20-/m0/s1. The van der Waals surface area contributed by atoms with Crippen LogP contribution in [0, 0.1) is 10.1 Å². The molecular formula is C28H51N3O10. The third-order valence-electron chi connectivity index (χ3n) is 4.71. The molecule has 0 unspecified atom stereocenters. The zero-order chi connectivity index (χ0) is 32.4. The van der Waals surface area contributed by atoms with Gasteiger partial charge in [0, 0.05) is 24.4 Å². The lowest BCUT2D eigenvalue weighted by molar-refractivity contribution is -0.481. The van der Waals surface area contributed by atoms with Gasteiger partial charge in [0.25, 0.3) is 0 Å². The van der Waals surface area contributed by atoms with Crippen LogP contribution in [0.15, 0.2) is 0 Å². The van der Waals surface area contributed by atoms with Crippen molar-refractivity contribution >= 4 is 23.9 Å². The molecule has 0 aliphatic carbocycles. The van der Waals surface area contributed by atoms with Crippen LogP contribution in [0.5, 0.6) is 0 Å². The van der Waals surface area contributed by atoms with E-state index in [0.29, 0.717) is 0 Å². The van der Waals surface area contributed by atoms with Crippen molar-refractivity contribution in [2.24, 2.45) is 0 Å². The number of nitro groups is 1. The van der Waals surface area contributed by atoms with Crippen molar-refractivity contribution in [3.63, 3.8) is 0 Å². The van der Waals surface area contributed by atoms with Crippen LogP contribution in [0.1, 0.15) is 89.5 Å². The second-order valence-corrected chi connectivity index (χ2v) is 13.8. The highest BCUT2D eigenvalue weighted by Gasteiger charge is 2.34. The lowest BCUT2D eigenvalue weighted by atomic mass is 10.1. The summed E-state index contributed by atoms with van der Waals surface area (Å²) in [6.07, 6.45) is -0.233. The van der Waals surface area contributed by atoms with Crippen LogP contribution in [-0.2, 0) is 38.1 Å². The van der Waals surface area contributed by atoms with Crippen molar-refractivity contribution in [2.75, 3.05) is 39.3 Å². The molecule has 41 heavy (non-hydrogen) atoms. The van der Waals surface area contributed by atoms with E-state index in [0.717, 1.165) is 0 Å². The monoisotopic (exact) mass is 589 g/mol. The Morgan fingerprint density at radius 1 is 0.634 bits per heavy atom. The molecule has 0 aromatic heterocycles. The first-order valence-electron chi connectivity index (χ1n) is 13.7. The molecule has 0 aliphatic rings. The molecule has 0 rings (SSSR count). The summed E-state index contributed by atoms with van der Waals surface area (Å²) in [7, 11) is 0. The van der Waals surface area contributed by atoms with Crippen LogP contribution in [-0.4, -0.2) is 106 Å². The summed E-state index contributed by atoms with van der Waals surface area (Å²) in [5, 5.41) is 11.2. The van der Waals surface area contributed by atoms with Gasteiger partial charge >= 0.3 is 23.9 Å². The minimum absolute atomic E-state index is 0.0129. The first-order valence-corrected chi connectivity index (χ1v) is 13.7. The molecule has 0 N–H and O–H groups in total. The van der Waals surface area contributed by atoms with Crippen LogP contribution < -0.4 is 0 Å². The van der Waals surface area contributed by atoms with Gasteiger partial charge in [-0.2, -0.15) is 0 Å². The van der Waals surface area contributed by atoms with E-state index in [1.165, 1.54) is 9.80 Å². The van der Waals surface area contributed by atoms with E-state index < -0.39 is 63.8 Å². The van der Waals surface area contributed by atoms with Gasteiger partial charge in [-0.15, -0.1) is 0 Å². The van der Waals surface area contributed by atoms with E-state index in [9.17, 15) is 29.3 Å². The molecule has 0 aromatic rings. The van der Waals surface area contributed by atoms with Crippen molar-refractivity contribution in [3.8, 4) is 0 Å². The lowest BCUT2D eigenvalue weighted by Gasteiger charge is -2.33. The SMILES string of the molecule is CC(C)(C)OC(=O)CN(CCN(CC(=O)OC(C)(C)C)[C@@H](CC[N+](=O)[O-])C(=O)OC(C)(C)C)CC(=O)OC(C)(C)C. The van der Waals surface area contributed by atoms with E-state index in [1.807, 2.05) is 0 Å². The molecule has 0 heterocycles. The third-order valence-corrected chi connectivity index (χ3v) is 4.71. The van der Waals surface area contributed by atoms with Gasteiger partial charge in [-0.1, -0.05) is 0 Å². The van der Waals surface area contributed by atoms with Gasteiger partial charge in [0.05, 0.1) is 19.6 Å². The zero-order valence-corrected chi connectivity index (χ0v) is 27.0. The van der Waals surface area contributed by atoms with Crippen LogP contribution >= 0.6 is 0 Å². The van der Waals surface area contributed by atoms with Crippen molar-refractivity contribution < 1.29 is 43.0 Å². The highest BCUT2D eigenvalue weighted by Crippen LogP contribution is 2.17. The Kier molecular flexibility index (Phi) is 14.4. The summed E-state index contributed by atoms with van der Waals surface area (Å²) >= 11 is 0. The fourth-order valence-corrected chi connectivity index (χ4v) is 3.53. The van der Waals surface area contributed by atoms with Crippen LogP contribution in [0.3, 0.4) is 0 Å². The fraction of sp³-hybridized carbons (Fsp3) is 0.857. The molecule has 238 valence electrons. The molecule has 13 heteroatoms. The molecule has 0 aliphatic heterocycles. The van der Waals surface area contributed by atoms with E-state index >= 15 is 0 Å². The highest BCUT2D eigenvalue weighted by atomic mass is 16.6. The number of hydrogen-bond donors (Lipinski definition) is 0. The molecule has 0 amide bonds. The van der Waals surface area contributed by atoms with Crippen LogP contribution in [0.25, 0.3) is 0 Å². The van der Waals surface area contributed by atoms with E-state index in [2.05, 4.69) is 0 Å². The molecule has 0 fully saturated rings. The normalized spacial score (nSPS) is 13.5. The number of hydrogen-bond acceptors (Lipinski definition) is 12. The smallest absolute Gasteiger partial charge is 0.324 e. The van der Waals surface area contributed by atoms with Crippen molar-refractivity contribution in [3.05, 3.63) is 10.1 Å². The maximum atomic E-state index is 13.2. The summed E-state index contributed by atoms with van der Waals surface area (Å²) in [6, 6.07) is -1.17.